The van der Waals surface area contributed by atoms with Crippen molar-refractivity contribution in [2.45, 2.75) is 51.0 Å². The first-order valence-electron chi connectivity index (χ1n) is 9.38. The number of ether oxygens (including phenoxy) is 1. The third kappa shape index (κ3) is 3.08. The molecule has 1 aromatic carbocycles. The number of benzene rings is 1. The molecule has 1 aliphatic carbocycles. The van der Waals surface area contributed by atoms with Gasteiger partial charge >= 0.3 is 0 Å². The maximum atomic E-state index is 14.2. The van der Waals surface area contributed by atoms with Crippen molar-refractivity contribution in [3.05, 3.63) is 51.2 Å². The molecule has 26 heavy (non-hydrogen) atoms. The Bertz CT molecular complexity index is 872. The fourth-order valence-electron chi connectivity index (χ4n) is 4.09. The third-order valence-corrected chi connectivity index (χ3v) is 5.60. The molecule has 6 heteroatoms. The largest absolute Gasteiger partial charge is 0.493 e. The Morgan fingerprint density at radius 2 is 2.12 bits per heavy atom. The van der Waals surface area contributed by atoms with E-state index in [9.17, 15) is 9.18 Å². The minimum Gasteiger partial charge on any atom is -0.493 e. The third-order valence-electron chi connectivity index (χ3n) is 5.60. The maximum absolute atomic E-state index is 14.2. The van der Waals surface area contributed by atoms with Crippen LogP contribution in [0, 0.1) is 5.82 Å². The van der Waals surface area contributed by atoms with Crippen molar-refractivity contribution in [2.75, 3.05) is 11.9 Å². The fourth-order valence-corrected chi connectivity index (χ4v) is 4.09. The molecule has 0 unspecified atom stereocenters. The minimum absolute atomic E-state index is 0.00324. The van der Waals surface area contributed by atoms with Crippen LogP contribution in [0.1, 0.15) is 54.7 Å². The van der Waals surface area contributed by atoms with Crippen LogP contribution in [0.2, 0.25) is 0 Å². The first-order valence-corrected chi connectivity index (χ1v) is 9.38. The van der Waals surface area contributed by atoms with Crippen molar-refractivity contribution in [3.63, 3.8) is 0 Å². The summed E-state index contributed by atoms with van der Waals surface area (Å²) in [4.78, 5) is 17.2. The second-order valence-corrected chi connectivity index (χ2v) is 7.19. The lowest BCUT2D eigenvalue weighted by Crippen LogP contribution is -2.27. The molecule has 1 saturated carbocycles. The number of anilines is 1. The lowest BCUT2D eigenvalue weighted by Gasteiger charge is -2.22. The van der Waals surface area contributed by atoms with Crippen LogP contribution in [0.25, 0.3) is 0 Å². The van der Waals surface area contributed by atoms with Crippen LogP contribution in [0.3, 0.4) is 0 Å². The van der Waals surface area contributed by atoms with Crippen LogP contribution in [-0.4, -0.2) is 16.2 Å². The number of hydrogen-bond donors (Lipinski definition) is 1. The quantitative estimate of drug-likeness (QED) is 0.910. The zero-order chi connectivity index (χ0) is 18.1. The Balaban J connectivity index is 1.55. The van der Waals surface area contributed by atoms with Crippen molar-refractivity contribution >= 4 is 5.95 Å². The topological polar surface area (TPSA) is 56.1 Å². The molecule has 0 bridgehead atoms. The molecule has 0 radical (unpaired) electrons. The molecular formula is C20H24FN3O2. The predicted octanol–water partition coefficient (Wildman–Crippen LogP) is 3.51. The van der Waals surface area contributed by atoms with E-state index in [1.165, 1.54) is 25.3 Å². The summed E-state index contributed by atoms with van der Waals surface area (Å²) in [5.41, 5.74) is 2.29. The molecule has 4 rings (SSSR count). The summed E-state index contributed by atoms with van der Waals surface area (Å²) < 4.78 is 21.3. The summed E-state index contributed by atoms with van der Waals surface area (Å²) in [6, 6.07) is 3.11. The van der Waals surface area contributed by atoms with Gasteiger partial charge in [0.25, 0.3) is 5.56 Å². The van der Waals surface area contributed by atoms with E-state index in [0.717, 1.165) is 29.7 Å². The van der Waals surface area contributed by atoms with Gasteiger partial charge in [-0.3, -0.25) is 9.36 Å². The number of nitrogens with one attached hydrogen (secondary N) is 1. The van der Waals surface area contributed by atoms with Crippen LogP contribution in [0.15, 0.2) is 23.1 Å². The van der Waals surface area contributed by atoms with Crippen molar-refractivity contribution in [2.24, 2.45) is 7.05 Å². The van der Waals surface area contributed by atoms with Crippen molar-refractivity contribution in [1.82, 2.24) is 9.55 Å². The van der Waals surface area contributed by atoms with Gasteiger partial charge in [-0.2, -0.15) is 0 Å². The smallest absolute Gasteiger partial charge is 0.258 e. The van der Waals surface area contributed by atoms with Gasteiger partial charge in [-0.15, -0.1) is 0 Å². The summed E-state index contributed by atoms with van der Waals surface area (Å²) in [5, 5.41) is 3.13. The van der Waals surface area contributed by atoms with Crippen LogP contribution in [-0.2, 0) is 20.0 Å². The van der Waals surface area contributed by atoms with Crippen LogP contribution >= 0.6 is 0 Å². The Labute approximate surface area is 152 Å². The van der Waals surface area contributed by atoms with E-state index in [4.69, 9.17) is 4.74 Å². The Morgan fingerprint density at radius 1 is 1.31 bits per heavy atom. The monoisotopic (exact) mass is 357 g/mol. The molecule has 0 atom stereocenters. The van der Waals surface area contributed by atoms with Gasteiger partial charge in [0, 0.05) is 42.9 Å². The lowest BCUT2D eigenvalue weighted by atomic mass is 9.85. The van der Waals surface area contributed by atoms with Crippen LogP contribution in [0.5, 0.6) is 5.75 Å². The van der Waals surface area contributed by atoms with Crippen molar-refractivity contribution in [1.29, 1.82) is 0 Å². The molecular weight excluding hydrogens is 333 g/mol. The first-order chi connectivity index (χ1) is 12.6. The van der Waals surface area contributed by atoms with E-state index < -0.39 is 0 Å². The predicted molar refractivity (Wildman–Crippen MR) is 98.2 cm³/mol. The second-order valence-electron chi connectivity index (χ2n) is 7.19. The van der Waals surface area contributed by atoms with Gasteiger partial charge in [-0.05, 0) is 30.9 Å². The molecule has 1 fully saturated rings. The first kappa shape index (κ1) is 17.1. The highest BCUT2D eigenvalue weighted by molar-refractivity contribution is 5.45. The average Bonchev–Trinajstić information content (AvgIpc) is 3.14. The number of hydrogen-bond acceptors (Lipinski definition) is 4. The molecule has 0 amide bonds. The normalized spacial score (nSPS) is 17.0. The summed E-state index contributed by atoms with van der Waals surface area (Å²) in [5.74, 6) is 1.27. The zero-order valence-corrected chi connectivity index (χ0v) is 15.1. The summed E-state index contributed by atoms with van der Waals surface area (Å²) in [6.07, 6.45) is 8.13. The zero-order valence-electron chi connectivity index (χ0n) is 15.1. The van der Waals surface area contributed by atoms with E-state index >= 15 is 0 Å². The standard InChI is InChI=1S/C20H24FN3O2/c1-24-19(25)15(13-5-3-2-4-6-13)11-22-20(24)23-12-16-14-9-10-26-18(14)8-7-17(16)21/h7-8,11,13H,2-6,9-10,12H2,1H3,(H,22,23). The second kappa shape index (κ2) is 7.09. The highest BCUT2D eigenvalue weighted by atomic mass is 19.1. The Kier molecular flexibility index (Phi) is 4.66. The molecule has 1 N–H and O–H groups in total. The van der Waals surface area contributed by atoms with E-state index in [1.807, 2.05) is 0 Å². The van der Waals surface area contributed by atoms with E-state index in [2.05, 4.69) is 10.3 Å². The molecule has 138 valence electrons. The van der Waals surface area contributed by atoms with E-state index in [1.54, 1.807) is 23.9 Å². The number of rotatable bonds is 4. The van der Waals surface area contributed by atoms with Gasteiger partial charge in [0.1, 0.15) is 11.6 Å². The molecule has 0 spiro atoms. The number of fused-ring (bicyclic) bond motifs is 1. The van der Waals surface area contributed by atoms with Gasteiger partial charge in [-0.1, -0.05) is 19.3 Å². The lowest BCUT2D eigenvalue weighted by molar-refractivity contribution is 0.356. The van der Waals surface area contributed by atoms with E-state index in [-0.39, 0.29) is 17.9 Å². The average molecular weight is 357 g/mol. The van der Waals surface area contributed by atoms with Gasteiger partial charge in [0.2, 0.25) is 5.95 Å². The van der Waals surface area contributed by atoms with Gasteiger partial charge < -0.3 is 10.1 Å². The Morgan fingerprint density at radius 3 is 2.92 bits per heavy atom. The molecule has 2 aromatic rings. The number of aromatic nitrogens is 2. The molecule has 5 nitrogen and oxygen atoms in total. The van der Waals surface area contributed by atoms with Crippen molar-refractivity contribution < 1.29 is 9.13 Å². The van der Waals surface area contributed by atoms with Crippen molar-refractivity contribution in [3.8, 4) is 5.75 Å². The molecule has 0 saturated heterocycles. The summed E-state index contributed by atoms with van der Waals surface area (Å²) in [6.45, 7) is 0.861. The summed E-state index contributed by atoms with van der Waals surface area (Å²) in [7, 11) is 1.72. The highest BCUT2D eigenvalue weighted by Crippen LogP contribution is 2.32. The summed E-state index contributed by atoms with van der Waals surface area (Å²) >= 11 is 0. The highest BCUT2D eigenvalue weighted by Gasteiger charge is 2.22. The van der Waals surface area contributed by atoms with Gasteiger partial charge in [0.15, 0.2) is 0 Å². The maximum Gasteiger partial charge on any atom is 0.258 e. The van der Waals surface area contributed by atoms with Crippen LogP contribution < -0.4 is 15.6 Å². The van der Waals surface area contributed by atoms with E-state index in [0.29, 0.717) is 30.5 Å². The minimum atomic E-state index is -0.259. The molecule has 1 aromatic heterocycles. The van der Waals surface area contributed by atoms with Gasteiger partial charge in [-0.25, -0.2) is 9.37 Å². The Hall–Kier alpha value is -2.37. The fraction of sp³-hybridized carbons (Fsp3) is 0.500. The molecule has 1 aliphatic heterocycles. The molecule has 2 aliphatic rings. The number of halogens is 1. The van der Waals surface area contributed by atoms with Gasteiger partial charge in [0.05, 0.1) is 6.61 Å². The number of nitrogens with zero attached hydrogens (tertiary/aromatic N) is 2. The molecule has 2 heterocycles. The SMILES string of the molecule is Cn1c(NCc2c(F)ccc3c2CCO3)ncc(C2CCCCC2)c1=O. The van der Waals surface area contributed by atoms with Crippen LogP contribution in [0.4, 0.5) is 10.3 Å².